The third-order valence-electron chi connectivity index (χ3n) is 7.65. The first-order valence-corrected chi connectivity index (χ1v) is 14.2. The quantitative estimate of drug-likeness (QED) is 0.294. The first kappa shape index (κ1) is 28.2. The summed E-state index contributed by atoms with van der Waals surface area (Å²) in [6.07, 6.45) is 1.01. The van der Waals surface area contributed by atoms with Gasteiger partial charge in [-0.15, -0.1) is 0 Å². The number of methoxy groups -OCH3 is 1. The number of allylic oxidation sites excluding steroid dienone is 3. The van der Waals surface area contributed by atoms with E-state index in [1.807, 2.05) is 99.6 Å². The van der Waals surface area contributed by atoms with Gasteiger partial charge in [-0.2, -0.15) is 0 Å². The number of nitrogens with one attached hydrogen (secondary N) is 1. The number of ketones is 1. The molecule has 0 saturated carbocycles. The molecule has 0 bridgehead atoms. The number of hydrogen-bond acceptors (Lipinski definition) is 6. The van der Waals surface area contributed by atoms with Crippen LogP contribution in [0.15, 0.2) is 101 Å². The Morgan fingerprint density at radius 2 is 1.66 bits per heavy atom. The topological polar surface area (TPSA) is 73.9 Å². The van der Waals surface area contributed by atoms with Gasteiger partial charge < -0.3 is 19.5 Å². The maximum absolute atomic E-state index is 14.0. The predicted octanol–water partition coefficient (Wildman–Crippen LogP) is 6.84. The van der Waals surface area contributed by atoms with E-state index in [0.29, 0.717) is 48.6 Å². The Morgan fingerprint density at radius 1 is 0.951 bits per heavy atom. The van der Waals surface area contributed by atoms with Gasteiger partial charge in [0.25, 0.3) is 0 Å². The van der Waals surface area contributed by atoms with Crippen LogP contribution >= 0.6 is 0 Å². The number of dihydropyridines is 1. The SMILES string of the molecule is COc1ccc([C@H]2CC(=O)C3=C(C2)NC(C)=C(C(=O)OCC(C)C)[C@H]3c2ccccc2OCc2ccccc2)cc1. The Kier molecular flexibility index (Phi) is 8.58. The molecule has 2 atom stereocenters. The molecular formula is C35H37NO5. The van der Waals surface area contributed by atoms with Crippen molar-refractivity contribution in [3.8, 4) is 11.5 Å². The van der Waals surface area contributed by atoms with Gasteiger partial charge >= 0.3 is 5.97 Å². The smallest absolute Gasteiger partial charge is 0.336 e. The van der Waals surface area contributed by atoms with Crippen molar-refractivity contribution in [2.24, 2.45) is 5.92 Å². The molecule has 0 unspecified atom stereocenters. The summed E-state index contributed by atoms with van der Waals surface area (Å²) < 4.78 is 17.4. The molecule has 3 aromatic carbocycles. The molecular weight excluding hydrogens is 514 g/mol. The molecule has 5 rings (SSSR count). The molecule has 0 radical (unpaired) electrons. The lowest BCUT2D eigenvalue weighted by Crippen LogP contribution is -2.36. The van der Waals surface area contributed by atoms with E-state index in [9.17, 15) is 9.59 Å². The number of rotatable bonds is 9. The molecule has 1 N–H and O–H groups in total. The van der Waals surface area contributed by atoms with Crippen LogP contribution in [0.4, 0.5) is 0 Å². The maximum atomic E-state index is 14.0. The molecule has 2 aliphatic rings. The lowest BCUT2D eigenvalue weighted by Gasteiger charge is -2.37. The van der Waals surface area contributed by atoms with Gasteiger partial charge in [-0.25, -0.2) is 4.79 Å². The summed E-state index contributed by atoms with van der Waals surface area (Å²) in [4.78, 5) is 27.6. The summed E-state index contributed by atoms with van der Waals surface area (Å²) in [5, 5.41) is 3.44. The van der Waals surface area contributed by atoms with Crippen molar-refractivity contribution in [1.82, 2.24) is 5.32 Å². The molecule has 6 nitrogen and oxygen atoms in total. The second-order valence-electron chi connectivity index (χ2n) is 11.1. The standard InChI is InChI=1S/C35H37NO5/c1-22(2)20-41-35(38)32-23(3)36-29-18-26(25-14-16-27(39-4)17-15-25)19-30(37)34(29)33(32)28-12-8-9-13-31(28)40-21-24-10-6-5-7-11-24/h5-17,22,26,33,36H,18-21H2,1-4H3/t26-,33-/m1/s1. The molecule has 0 spiro atoms. The van der Waals surface area contributed by atoms with Crippen molar-refractivity contribution < 1.29 is 23.8 Å². The Bertz CT molecular complexity index is 1470. The fourth-order valence-corrected chi connectivity index (χ4v) is 5.64. The fraction of sp³-hybridized carbons (Fsp3) is 0.314. The van der Waals surface area contributed by atoms with Crippen LogP contribution in [0, 0.1) is 5.92 Å². The zero-order valence-electron chi connectivity index (χ0n) is 24.1. The first-order valence-electron chi connectivity index (χ1n) is 14.2. The number of carbonyl (C=O) groups is 2. The molecule has 0 aromatic heterocycles. The van der Waals surface area contributed by atoms with Gasteiger partial charge in [-0.1, -0.05) is 74.5 Å². The minimum atomic E-state index is -0.595. The van der Waals surface area contributed by atoms with Crippen molar-refractivity contribution in [2.45, 2.75) is 52.1 Å². The summed E-state index contributed by atoms with van der Waals surface area (Å²) in [6.45, 7) is 6.56. The molecule has 0 saturated heterocycles. The highest BCUT2D eigenvalue weighted by molar-refractivity contribution is 6.04. The van der Waals surface area contributed by atoms with Gasteiger partial charge in [0.1, 0.15) is 18.1 Å². The summed E-state index contributed by atoms with van der Waals surface area (Å²) in [6, 6.07) is 25.5. The Morgan fingerprint density at radius 3 is 2.37 bits per heavy atom. The lowest BCUT2D eigenvalue weighted by atomic mass is 9.71. The van der Waals surface area contributed by atoms with Crippen LogP contribution in [-0.2, 0) is 20.9 Å². The number of Topliss-reactive ketones (excluding diaryl/α,β-unsaturated/α-hetero) is 1. The number of benzene rings is 3. The highest BCUT2D eigenvalue weighted by Crippen LogP contribution is 2.48. The minimum Gasteiger partial charge on any atom is -0.497 e. The van der Waals surface area contributed by atoms with Gasteiger partial charge in [0.2, 0.25) is 0 Å². The van der Waals surface area contributed by atoms with E-state index in [0.717, 1.165) is 28.1 Å². The van der Waals surface area contributed by atoms with Crippen molar-refractivity contribution in [3.63, 3.8) is 0 Å². The van der Waals surface area contributed by atoms with Crippen LogP contribution in [0.1, 0.15) is 62.1 Å². The van der Waals surface area contributed by atoms with Crippen LogP contribution in [-0.4, -0.2) is 25.5 Å². The summed E-state index contributed by atoms with van der Waals surface area (Å²) in [5.41, 5.74) is 5.52. The monoisotopic (exact) mass is 551 g/mol. The molecule has 41 heavy (non-hydrogen) atoms. The molecule has 1 aliphatic carbocycles. The first-order chi connectivity index (χ1) is 19.9. The van der Waals surface area contributed by atoms with Crippen molar-refractivity contribution in [2.75, 3.05) is 13.7 Å². The van der Waals surface area contributed by atoms with Crippen LogP contribution in [0.5, 0.6) is 11.5 Å². The number of ether oxygens (including phenoxy) is 3. The minimum absolute atomic E-state index is 0.0177. The van der Waals surface area contributed by atoms with Crippen molar-refractivity contribution in [1.29, 1.82) is 0 Å². The number of esters is 1. The highest BCUT2D eigenvalue weighted by Gasteiger charge is 2.42. The normalized spacial score (nSPS) is 18.6. The Labute approximate surface area is 242 Å². The largest absolute Gasteiger partial charge is 0.497 e. The van der Waals surface area contributed by atoms with Gasteiger partial charge in [0.05, 0.1) is 25.2 Å². The molecule has 0 fully saturated rings. The lowest BCUT2D eigenvalue weighted by molar-refractivity contribution is -0.140. The average molecular weight is 552 g/mol. The molecule has 1 heterocycles. The van der Waals surface area contributed by atoms with Gasteiger partial charge in [0, 0.05) is 29.0 Å². The van der Waals surface area contributed by atoms with E-state index in [1.54, 1.807) is 7.11 Å². The summed E-state index contributed by atoms with van der Waals surface area (Å²) in [7, 11) is 1.64. The van der Waals surface area contributed by atoms with Crippen molar-refractivity contribution in [3.05, 3.63) is 118 Å². The second kappa shape index (κ2) is 12.5. The summed E-state index contributed by atoms with van der Waals surface area (Å²) in [5.74, 6) is 0.638. The maximum Gasteiger partial charge on any atom is 0.336 e. The van der Waals surface area contributed by atoms with Gasteiger partial charge in [-0.3, -0.25) is 4.79 Å². The molecule has 6 heteroatoms. The van der Waals surface area contributed by atoms with E-state index in [1.165, 1.54) is 0 Å². The third-order valence-corrected chi connectivity index (χ3v) is 7.65. The van der Waals surface area contributed by atoms with E-state index < -0.39 is 11.9 Å². The second-order valence-corrected chi connectivity index (χ2v) is 11.1. The van der Waals surface area contributed by atoms with E-state index in [4.69, 9.17) is 14.2 Å². The Hall–Kier alpha value is -4.32. The van der Waals surface area contributed by atoms with Crippen LogP contribution in [0.3, 0.4) is 0 Å². The Balaban J connectivity index is 1.55. The third kappa shape index (κ3) is 6.22. The van der Waals surface area contributed by atoms with E-state index >= 15 is 0 Å². The zero-order chi connectivity index (χ0) is 28.9. The molecule has 0 amide bonds. The van der Waals surface area contributed by atoms with Gasteiger partial charge in [0.15, 0.2) is 5.78 Å². The molecule has 3 aromatic rings. The fourth-order valence-electron chi connectivity index (χ4n) is 5.64. The number of para-hydroxylation sites is 1. The van der Waals surface area contributed by atoms with Crippen LogP contribution in [0.2, 0.25) is 0 Å². The van der Waals surface area contributed by atoms with Gasteiger partial charge in [-0.05, 0) is 54.5 Å². The average Bonchev–Trinajstić information content (AvgIpc) is 2.98. The highest BCUT2D eigenvalue weighted by atomic mass is 16.5. The summed E-state index contributed by atoms with van der Waals surface area (Å²) >= 11 is 0. The predicted molar refractivity (Wildman–Crippen MR) is 159 cm³/mol. The molecule has 212 valence electrons. The van der Waals surface area contributed by atoms with Crippen LogP contribution in [0.25, 0.3) is 0 Å². The number of hydrogen-bond donors (Lipinski definition) is 1. The van der Waals surface area contributed by atoms with E-state index in [-0.39, 0.29) is 17.6 Å². The van der Waals surface area contributed by atoms with Crippen molar-refractivity contribution >= 4 is 11.8 Å². The van der Waals surface area contributed by atoms with E-state index in [2.05, 4.69) is 5.32 Å². The van der Waals surface area contributed by atoms with Crippen LogP contribution < -0.4 is 14.8 Å². The molecule has 1 aliphatic heterocycles. The zero-order valence-corrected chi connectivity index (χ0v) is 24.1. The number of carbonyl (C=O) groups excluding carboxylic acids is 2.